The highest BCUT2D eigenvalue weighted by Crippen LogP contribution is 2.34. The first-order chi connectivity index (χ1) is 8.34. The van der Waals surface area contributed by atoms with Gasteiger partial charge in [0, 0.05) is 18.1 Å². The van der Waals surface area contributed by atoms with E-state index >= 15 is 0 Å². The molecule has 1 aromatic heterocycles. The van der Waals surface area contributed by atoms with Crippen LogP contribution in [0.4, 0.5) is 5.69 Å². The molecule has 0 spiro atoms. The van der Waals surface area contributed by atoms with Gasteiger partial charge in [0.15, 0.2) is 0 Å². The van der Waals surface area contributed by atoms with E-state index < -0.39 is 0 Å². The molecule has 3 heteroatoms. The van der Waals surface area contributed by atoms with Gasteiger partial charge in [-0.15, -0.1) is 0 Å². The number of hydrogen-bond donors (Lipinski definition) is 1. The second-order valence-electron chi connectivity index (χ2n) is 4.19. The predicted octanol–water partition coefficient (Wildman–Crippen LogP) is 2.36. The zero-order chi connectivity index (χ0) is 11.7. The van der Waals surface area contributed by atoms with E-state index in [4.69, 9.17) is 0 Å². The van der Waals surface area contributed by atoms with Crippen molar-refractivity contribution in [2.24, 2.45) is 0 Å². The zero-order valence-electron chi connectivity index (χ0n) is 9.26. The van der Waals surface area contributed by atoms with Crippen LogP contribution in [0.15, 0.2) is 48.8 Å². The van der Waals surface area contributed by atoms with Crippen molar-refractivity contribution in [1.29, 1.82) is 0 Å². The van der Waals surface area contributed by atoms with Crippen LogP contribution in [0.1, 0.15) is 17.0 Å². The Balaban J connectivity index is 1.92. The number of rotatable bonds is 2. The molecule has 1 unspecified atom stereocenters. The van der Waals surface area contributed by atoms with Gasteiger partial charge in [-0.25, -0.2) is 0 Å². The standard InChI is InChI=1S/C14H12N2O/c17-14-12(9-10-5-7-15-8-6-10)11-3-1-2-4-13(11)16-14/h1-8,12H,9H2,(H,16,17). The first-order valence-electron chi connectivity index (χ1n) is 5.63. The smallest absolute Gasteiger partial charge is 0.232 e. The summed E-state index contributed by atoms with van der Waals surface area (Å²) in [5, 5.41) is 2.91. The van der Waals surface area contributed by atoms with Crippen LogP contribution in [0, 0.1) is 0 Å². The lowest BCUT2D eigenvalue weighted by Gasteiger charge is -2.08. The normalized spacial score (nSPS) is 17.6. The van der Waals surface area contributed by atoms with E-state index in [0.29, 0.717) is 0 Å². The number of nitrogens with zero attached hydrogens (tertiary/aromatic N) is 1. The average molecular weight is 224 g/mol. The van der Waals surface area contributed by atoms with Crippen LogP contribution in [0.2, 0.25) is 0 Å². The minimum absolute atomic E-state index is 0.0754. The maximum absolute atomic E-state index is 11.9. The van der Waals surface area contributed by atoms with Crippen molar-refractivity contribution in [3.63, 3.8) is 0 Å². The van der Waals surface area contributed by atoms with Crippen molar-refractivity contribution in [2.75, 3.05) is 5.32 Å². The number of benzene rings is 1. The van der Waals surface area contributed by atoms with Gasteiger partial charge in [0.25, 0.3) is 0 Å². The maximum atomic E-state index is 11.9. The van der Waals surface area contributed by atoms with Gasteiger partial charge in [-0.05, 0) is 35.7 Å². The fourth-order valence-electron chi connectivity index (χ4n) is 2.23. The highest BCUT2D eigenvalue weighted by molar-refractivity contribution is 6.02. The zero-order valence-corrected chi connectivity index (χ0v) is 9.26. The number of pyridine rings is 1. The number of carbonyl (C=O) groups excluding carboxylic acids is 1. The molecule has 1 atom stereocenters. The quantitative estimate of drug-likeness (QED) is 0.850. The van der Waals surface area contributed by atoms with Crippen LogP contribution < -0.4 is 5.32 Å². The molecular formula is C14H12N2O. The third kappa shape index (κ3) is 1.80. The Morgan fingerprint density at radius 1 is 1.12 bits per heavy atom. The molecule has 17 heavy (non-hydrogen) atoms. The molecule has 2 aromatic rings. The van der Waals surface area contributed by atoms with E-state index in [9.17, 15) is 4.79 Å². The van der Waals surface area contributed by atoms with E-state index in [1.54, 1.807) is 12.4 Å². The van der Waals surface area contributed by atoms with E-state index in [0.717, 1.165) is 23.2 Å². The molecule has 2 heterocycles. The van der Waals surface area contributed by atoms with Gasteiger partial charge < -0.3 is 5.32 Å². The maximum Gasteiger partial charge on any atom is 0.232 e. The number of amides is 1. The van der Waals surface area contributed by atoms with Crippen molar-refractivity contribution < 1.29 is 4.79 Å². The van der Waals surface area contributed by atoms with Crippen LogP contribution >= 0.6 is 0 Å². The van der Waals surface area contributed by atoms with Crippen LogP contribution in [-0.4, -0.2) is 10.9 Å². The van der Waals surface area contributed by atoms with Crippen LogP contribution in [-0.2, 0) is 11.2 Å². The number of nitrogens with one attached hydrogen (secondary N) is 1. The van der Waals surface area contributed by atoms with E-state index in [1.807, 2.05) is 36.4 Å². The third-order valence-electron chi connectivity index (χ3n) is 3.10. The summed E-state index contributed by atoms with van der Waals surface area (Å²) in [6.07, 6.45) is 4.24. The molecule has 0 saturated heterocycles. The highest BCUT2D eigenvalue weighted by atomic mass is 16.2. The summed E-state index contributed by atoms with van der Waals surface area (Å²) in [5.74, 6) is 0.0108. The molecule has 1 N–H and O–H groups in total. The van der Waals surface area contributed by atoms with Gasteiger partial charge in [0.05, 0.1) is 5.92 Å². The van der Waals surface area contributed by atoms with E-state index in [2.05, 4.69) is 10.3 Å². The number of aromatic nitrogens is 1. The fraction of sp³-hybridized carbons (Fsp3) is 0.143. The molecular weight excluding hydrogens is 212 g/mol. The second-order valence-corrected chi connectivity index (χ2v) is 4.19. The van der Waals surface area contributed by atoms with Crippen molar-refractivity contribution in [1.82, 2.24) is 4.98 Å². The lowest BCUT2D eigenvalue weighted by atomic mass is 9.94. The molecule has 3 nitrogen and oxygen atoms in total. The Morgan fingerprint density at radius 2 is 1.88 bits per heavy atom. The predicted molar refractivity (Wildman–Crippen MR) is 65.8 cm³/mol. The van der Waals surface area contributed by atoms with Crippen LogP contribution in [0.25, 0.3) is 0 Å². The van der Waals surface area contributed by atoms with E-state index in [-0.39, 0.29) is 11.8 Å². The Morgan fingerprint density at radius 3 is 2.71 bits per heavy atom. The largest absolute Gasteiger partial charge is 0.325 e. The number of carbonyl (C=O) groups is 1. The molecule has 1 aliphatic rings. The van der Waals surface area contributed by atoms with Crippen LogP contribution in [0.5, 0.6) is 0 Å². The average Bonchev–Trinajstić information content (AvgIpc) is 2.68. The van der Waals surface area contributed by atoms with Gasteiger partial charge in [0.1, 0.15) is 0 Å². The Hall–Kier alpha value is -2.16. The lowest BCUT2D eigenvalue weighted by molar-refractivity contribution is -0.117. The van der Waals surface area contributed by atoms with Gasteiger partial charge >= 0.3 is 0 Å². The summed E-state index contributed by atoms with van der Waals surface area (Å²) in [6, 6.07) is 11.8. The summed E-state index contributed by atoms with van der Waals surface area (Å²) in [6.45, 7) is 0. The van der Waals surface area contributed by atoms with Gasteiger partial charge in [0.2, 0.25) is 5.91 Å². The third-order valence-corrected chi connectivity index (χ3v) is 3.10. The minimum Gasteiger partial charge on any atom is -0.325 e. The fourth-order valence-corrected chi connectivity index (χ4v) is 2.23. The lowest BCUT2D eigenvalue weighted by Crippen LogP contribution is -2.14. The summed E-state index contributed by atoms with van der Waals surface area (Å²) in [5.41, 5.74) is 3.17. The number of hydrogen-bond acceptors (Lipinski definition) is 2. The molecule has 3 rings (SSSR count). The first kappa shape index (κ1) is 10.0. The molecule has 0 bridgehead atoms. The summed E-state index contributed by atoms with van der Waals surface area (Å²) in [7, 11) is 0. The SMILES string of the molecule is O=C1Nc2ccccc2C1Cc1ccncc1. The van der Waals surface area contributed by atoms with Crippen molar-refractivity contribution in [3.05, 3.63) is 59.9 Å². The molecule has 0 radical (unpaired) electrons. The first-order valence-corrected chi connectivity index (χ1v) is 5.63. The van der Waals surface area contributed by atoms with Gasteiger partial charge in [-0.1, -0.05) is 18.2 Å². The highest BCUT2D eigenvalue weighted by Gasteiger charge is 2.29. The second kappa shape index (κ2) is 4.01. The van der Waals surface area contributed by atoms with Gasteiger partial charge in [-0.2, -0.15) is 0 Å². The van der Waals surface area contributed by atoms with Crippen molar-refractivity contribution in [3.8, 4) is 0 Å². The Labute approximate surface area is 99.5 Å². The van der Waals surface area contributed by atoms with Gasteiger partial charge in [-0.3, -0.25) is 9.78 Å². The molecule has 0 fully saturated rings. The molecule has 0 aliphatic carbocycles. The Kier molecular flexibility index (Phi) is 2.37. The monoisotopic (exact) mass is 224 g/mol. The minimum atomic E-state index is -0.0754. The number of fused-ring (bicyclic) bond motifs is 1. The van der Waals surface area contributed by atoms with Crippen molar-refractivity contribution in [2.45, 2.75) is 12.3 Å². The van der Waals surface area contributed by atoms with E-state index in [1.165, 1.54) is 0 Å². The van der Waals surface area contributed by atoms with Crippen molar-refractivity contribution >= 4 is 11.6 Å². The number of anilines is 1. The Bertz CT molecular complexity index is 551. The summed E-state index contributed by atoms with van der Waals surface area (Å²) in [4.78, 5) is 15.9. The molecule has 1 aromatic carbocycles. The molecule has 84 valence electrons. The number of para-hydroxylation sites is 1. The topological polar surface area (TPSA) is 42.0 Å². The molecule has 1 amide bonds. The van der Waals surface area contributed by atoms with Crippen LogP contribution in [0.3, 0.4) is 0 Å². The molecule has 1 aliphatic heterocycles. The summed E-state index contributed by atoms with van der Waals surface area (Å²) >= 11 is 0. The molecule has 0 saturated carbocycles. The summed E-state index contributed by atoms with van der Waals surface area (Å²) < 4.78 is 0.